The average molecular weight is 255 g/mol. The molecule has 1 saturated heterocycles. The van der Waals surface area contributed by atoms with E-state index in [0.29, 0.717) is 6.61 Å². The van der Waals surface area contributed by atoms with Crippen LogP contribution in [-0.2, 0) is 9.47 Å². The summed E-state index contributed by atoms with van der Waals surface area (Å²) in [4.78, 5) is 0. The Morgan fingerprint density at radius 3 is 2.83 bits per heavy atom. The molecule has 0 saturated carbocycles. The maximum Gasteiger partial charge on any atom is 0.163 e. The molecule has 18 heavy (non-hydrogen) atoms. The quantitative estimate of drug-likeness (QED) is 0.585. The van der Waals surface area contributed by atoms with E-state index in [1.807, 2.05) is 13.8 Å². The van der Waals surface area contributed by atoms with Crippen molar-refractivity contribution < 1.29 is 9.47 Å². The highest BCUT2D eigenvalue weighted by atomic mass is 16.7. The molecule has 3 atom stereocenters. The smallest absolute Gasteiger partial charge is 0.163 e. The molecule has 2 N–H and O–H groups in total. The van der Waals surface area contributed by atoms with Crippen molar-refractivity contribution >= 4 is 0 Å². The van der Waals surface area contributed by atoms with E-state index in [1.165, 1.54) is 19.3 Å². The van der Waals surface area contributed by atoms with E-state index in [1.54, 1.807) is 0 Å². The fourth-order valence-electron chi connectivity index (χ4n) is 2.04. The van der Waals surface area contributed by atoms with Gasteiger partial charge in [0.2, 0.25) is 0 Å². The van der Waals surface area contributed by atoms with Crippen molar-refractivity contribution in [3.8, 4) is 0 Å². The van der Waals surface area contributed by atoms with Gasteiger partial charge in [-0.3, -0.25) is 0 Å². The molecule has 0 bridgehead atoms. The maximum atomic E-state index is 5.98. The zero-order valence-corrected chi connectivity index (χ0v) is 12.3. The highest BCUT2D eigenvalue weighted by Gasteiger charge is 2.32. The number of hydrogen-bond acceptors (Lipinski definition) is 3. The van der Waals surface area contributed by atoms with E-state index in [-0.39, 0.29) is 12.1 Å². The molecule has 1 heterocycles. The third kappa shape index (κ3) is 5.51. The number of allylic oxidation sites excluding steroid dienone is 1. The molecule has 0 aromatic carbocycles. The van der Waals surface area contributed by atoms with E-state index in [4.69, 9.17) is 15.2 Å². The Kier molecular flexibility index (Phi) is 6.33. The molecule has 1 rings (SSSR count). The molecular weight excluding hydrogens is 226 g/mol. The van der Waals surface area contributed by atoms with Crippen molar-refractivity contribution in [1.82, 2.24) is 0 Å². The summed E-state index contributed by atoms with van der Waals surface area (Å²) < 4.78 is 11.3. The molecule has 1 fully saturated rings. The zero-order chi connectivity index (χ0) is 13.6. The zero-order valence-electron chi connectivity index (χ0n) is 12.3. The Morgan fingerprint density at radius 2 is 2.17 bits per heavy atom. The monoisotopic (exact) mass is 255 g/mol. The summed E-state index contributed by atoms with van der Waals surface area (Å²) in [6.45, 7) is 8.99. The summed E-state index contributed by atoms with van der Waals surface area (Å²) in [5.41, 5.74) is 5.98. The van der Waals surface area contributed by atoms with Gasteiger partial charge in [0, 0.05) is 0 Å². The van der Waals surface area contributed by atoms with E-state index in [0.717, 1.165) is 12.3 Å². The Balaban J connectivity index is 2.27. The molecule has 106 valence electrons. The van der Waals surface area contributed by atoms with Crippen LogP contribution in [0.4, 0.5) is 0 Å². The molecule has 0 aromatic rings. The predicted octanol–water partition coefficient (Wildman–Crippen LogP) is 3.24. The third-order valence-electron chi connectivity index (χ3n) is 3.56. The normalized spacial score (nSPS) is 29.6. The van der Waals surface area contributed by atoms with Crippen LogP contribution in [0.3, 0.4) is 0 Å². The molecule has 3 unspecified atom stereocenters. The molecule has 3 heteroatoms. The summed E-state index contributed by atoms with van der Waals surface area (Å²) in [5.74, 6) is 0.320. The van der Waals surface area contributed by atoms with Crippen LogP contribution < -0.4 is 5.73 Å². The molecule has 0 amide bonds. The first-order valence-electron chi connectivity index (χ1n) is 7.18. The second-order valence-electron chi connectivity index (χ2n) is 5.83. The molecule has 3 nitrogen and oxygen atoms in total. The lowest BCUT2D eigenvalue weighted by Gasteiger charge is -2.38. The first-order chi connectivity index (χ1) is 8.44. The van der Waals surface area contributed by atoms with Crippen molar-refractivity contribution in [3.63, 3.8) is 0 Å². The predicted molar refractivity (Wildman–Crippen MR) is 75.3 cm³/mol. The lowest BCUT2D eigenvalue weighted by Crippen LogP contribution is -2.51. The molecule has 0 spiro atoms. The van der Waals surface area contributed by atoms with Crippen LogP contribution >= 0.6 is 0 Å². The Hall–Kier alpha value is -0.380. The second kappa shape index (κ2) is 7.27. The summed E-state index contributed by atoms with van der Waals surface area (Å²) in [6, 6.07) is -0.0520. The Morgan fingerprint density at radius 1 is 1.44 bits per heavy atom. The van der Waals surface area contributed by atoms with Crippen LogP contribution in [-0.4, -0.2) is 24.5 Å². The largest absolute Gasteiger partial charge is 0.349 e. The fraction of sp³-hybridized carbons (Fsp3) is 0.867. The van der Waals surface area contributed by atoms with Gasteiger partial charge < -0.3 is 15.2 Å². The van der Waals surface area contributed by atoms with Gasteiger partial charge in [-0.2, -0.15) is 0 Å². The van der Waals surface area contributed by atoms with Crippen LogP contribution in [0.5, 0.6) is 0 Å². The van der Waals surface area contributed by atoms with Gasteiger partial charge in [-0.15, -0.1) is 0 Å². The molecule has 0 aromatic heterocycles. The second-order valence-corrected chi connectivity index (χ2v) is 5.83. The summed E-state index contributed by atoms with van der Waals surface area (Å²) in [7, 11) is 0. The standard InChI is InChI=1S/C15H29NO2/c1-5-12(2)9-7-6-8-10-14-13(16)11-17-15(3,4)18-14/h8,10,12-14H,5-7,9,11,16H2,1-4H3/b10-8+. The topological polar surface area (TPSA) is 44.5 Å². The van der Waals surface area contributed by atoms with Gasteiger partial charge in [-0.05, 0) is 32.6 Å². The van der Waals surface area contributed by atoms with Gasteiger partial charge in [0.1, 0.15) is 0 Å². The van der Waals surface area contributed by atoms with Crippen LogP contribution in [0.1, 0.15) is 53.4 Å². The van der Waals surface area contributed by atoms with Gasteiger partial charge in [0.25, 0.3) is 0 Å². The molecule has 0 radical (unpaired) electrons. The lowest BCUT2D eigenvalue weighted by molar-refractivity contribution is -0.268. The Labute approximate surface area is 112 Å². The maximum absolute atomic E-state index is 5.98. The number of ether oxygens (including phenoxy) is 2. The van der Waals surface area contributed by atoms with E-state index < -0.39 is 5.79 Å². The SMILES string of the molecule is CCC(C)CCC/C=C/C1OC(C)(C)OCC1N. The first kappa shape index (κ1) is 15.7. The number of unbranched alkanes of at least 4 members (excludes halogenated alkanes) is 1. The highest BCUT2D eigenvalue weighted by molar-refractivity contribution is 4.97. The van der Waals surface area contributed by atoms with E-state index in [2.05, 4.69) is 26.0 Å². The van der Waals surface area contributed by atoms with Crippen molar-refractivity contribution in [3.05, 3.63) is 12.2 Å². The van der Waals surface area contributed by atoms with Gasteiger partial charge in [-0.1, -0.05) is 38.8 Å². The number of nitrogens with two attached hydrogens (primary N) is 1. The fourth-order valence-corrected chi connectivity index (χ4v) is 2.04. The van der Waals surface area contributed by atoms with Crippen LogP contribution in [0.25, 0.3) is 0 Å². The van der Waals surface area contributed by atoms with Gasteiger partial charge >= 0.3 is 0 Å². The number of rotatable bonds is 6. The highest BCUT2D eigenvalue weighted by Crippen LogP contribution is 2.22. The van der Waals surface area contributed by atoms with E-state index in [9.17, 15) is 0 Å². The third-order valence-corrected chi connectivity index (χ3v) is 3.56. The van der Waals surface area contributed by atoms with Crippen LogP contribution in [0.15, 0.2) is 12.2 Å². The molecular formula is C15H29NO2. The lowest BCUT2D eigenvalue weighted by atomic mass is 10.0. The van der Waals surface area contributed by atoms with Crippen molar-refractivity contribution in [2.75, 3.05) is 6.61 Å². The van der Waals surface area contributed by atoms with Gasteiger partial charge in [0.05, 0.1) is 18.8 Å². The summed E-state index contributed by atoms with van der Waals surface area (Å²) in [5, 5.41) is 0. The minimum Gasteiger partial charge on any atom is -0.349 e. The number of hydrogen-bond donors (Lipinski definition) is 1. The average Bonchev–Trinajstić information content (AvgIpc) is 2.32. The minimum absolute atomic E-state index is 0.0163. The molecule has 1 aliphatic rings. The van der Waals surface area contributed by atoms with Crippen molar-refractivity contribution in [2.45, 2.75) is 71.3 Å². The van der Waals surface area contributed by atoms with Gasteiger partial charge in [-0.25, -0.2) is 0 Å². The van der Waals surface area contributed by atoms with Crippen molar-refractivity contribution in [2.24, 2.45) is 11.7 Å². The first-order valence-corrected chi connectivity index (χ1v) is 7.18. The Bertz CT molecular complexity index is 263. The summed E-state index contributed by atoms with van der Waals surface area (Å²) >= 11 is 0. The van der Waals surface area contributed by atoms with Gasteiger partial charge in [0.15, 0.2) is 5.79 Å². The van der Waals surface area contributed by atoms with Crippen LogP contribution in [0, 0.1) is 5.92 Å². The summed E-state index contributed by atoms with van der Waals surface area (Å²) in [6.07, 6.45) is 9.21. The molecule has 0 aliphatic carbocycles. The van der Waals surface area contributed by atoms with Crippen LogP contribution in [0.2, 0.25) is 0 Å². The minimum atomic E-state index is -0.512. The van der Waals surface area contributed by atoms with E-state index >= 15 is 0 Å². The molecule has 1 aliphatic heterocycles. The van der Waals surface area contributed by atoms with Crippen molar-refractivity contribution in [1.29, 1.82) is 0 Å².